The summed E-state index contributed by atoms with van der Waals surface area (Å²) in [6, 6.07) is 0. The Morgan fingerprint density at radius 2 is 2.19 bits per heavy atom. The lowest BCUT2D eigenvalue weighted by Gasteiger charge is -2.31. The number of carbonyl (C=O) groups excluding carboxylic acids is 1. The van der Waals surface area contributed by atoms with E-state index >= 15 is 0 Å². The minimum absolute atomic E-state index is 0.0712. The molecule has 6 heteroatoms. The molecule has 1 aliphatic rings. The van der Waals surface area contributed by atoms with Crippen LogP contribution < -0.4 is 0 Å². The third kappa shape index (κ3) is 2.57. The second kappa shape index (κ2) is 5.07. The highest BCUT2D eigenvalue weighted by Crippen LogP contribution is 2.16. The molecule has 6 nitrogen and oxygen atoms in total. The van der Waals surface area contributed by atoms with E-state index in [-0.39, 0.29) is 19.1 Å². The normalized spacial score (nSPS) is 17.7. The predicted molar refractivity (Wildman–Crippen MR) is 56.4 cm³/mol. The Morgan fingerprint density at radius 3 is 2.75 bits per heavy atom. The van der Waals surface area contributed by atoms with Gasteiger partial charge in [-0.15, -0.1) is 0 Å². The van der Waals surface area contributed by atoms with E-state index in [1.165, 1.54) is 11.0 Å². The molecule has 1 aliphatic heterocycles. The van der Waals surface area contributed by atoms with Crippen LogP contribution in [0.15, 0.2) is 12.7 Å². The smallest absolute Gasteiger partial charge is 0.244 e. The summed E-state index contributed by atoms with van der Waals surface area (Å²) < 4.78 is 1.53. The summed E-state index contributed by atoms with van der Waals surface area (Å²) in [4.78, 5) is 17.5. The van der Waals surface area contributed by atoms with Gasteiger partial charge in [-0.3, -0.25) is 4.79 Å². The lowest BCUT2D eigenvalue weighted by Crippen LogP contribution is -2.40. The summed E-state index contributed by atoms with van der Waals surface area (Å²) in [6.45, 7) is 1.95. The number of hydrogen-bond acceptors (Lipinski definition) is 4. The van der Waals surface area contributed by atoms with Crippen molar-refractivity contribution in [3.8, 4) is 0 Å². The molecule has 2 rings (SSSR count). The van der Waals surface area contributed by atoms with Gasteiger partial charge in [0.2, 0.25) is 5.91 Å². The first-order chi connectivity index (χ1) is 7.79. The first-order valence-corrected chi connectivity index (χ1v) is 5.50. The Kier molecular flexibility index (Phi) is 3.51. The predicted octanol–water partition coefficient (Wildman–Crippen LogP) is -0.491. The fourth-order valence-electron chi connectivity index (χ4n) is 1.92. The zero-order chi connectivity index (χ0) is 11.4. The molecule has 1 amide bonds. The third-order valence-electron chi connectivity index (χ3n) is 2.99. The zero-order valence-electron chi connectivity index (χ0n) is 9.12. The summed E-state index contributed by atoms with van der Waals surface area (Å²) >= 11 is 0. The average Bonchev–Trinajstić information content (AvgIpc) is 2.82. The summed E-state index contributed by atoms with van der Waals surface area (Å²) in [5.74, 6) is 0.428. The first kappa shape index (κ1) is 11.1. The number of aliphatic hydroxyl groups is 1. The minimum atomic E-state index is 0.0712. The maximum Gasteiger partial charge on any atom is 0.244 e. The van der Waals surface area contributed by atoms with E-state index in [2.05, 4.69) is 10.1 Å². The molecule has 0 aliphatic carbocycles. The topological polar surface area (TPSA) is 71.2 Å². The van der Waals surface area contributed by atoms with Gasteiger partial charge in [-0.2, -0.15) is 5.10 Å². The molecule has 0 atom stereocenters. The number of carbonyl (C=O) groups is 1. The van der Waals surface area contributed by atoms with E-state index in [0.717, 1.165) is 25.9 Å². The van der Waals surface area contributed by atoms with E-state index in [9.17, 15) is 4.79 Å². The van der Waals surface area contributed by atoms with Crippen LogP contribution in [0.2, 0.25) is 0 Å². The van der Waals surface area contributed by atoms with E-state index in [1.54, 1.807) is 6.33 Å². The lowest BCUT2D eigenvalue weighted by molar-refractivity contribution is -0.133. The molecule has 0 radical (unpaired) electrons. The van der Waals surface area contributed by atoms with Crippen LogP contribution in [-0.4, -0.2) is 50.4 Å². The van der Waals surface area contributed by atoms with Crippen LogP contribution in [0, 0.1) is 5.92 Å². The number of nitrogens with zero attached hydrogens (tertiary/aromatic N) is 4. The lowest BCUT2D eigenvalue weighted by atomic mass is 9.98. The standard InChI is InChI=1S/C10H16N4O2/c15-6-9-1-3-13(4-2-9)10(16)5-14-8-11-7-12-14/h7-9,15H,1-6H2. The number of hydrogen-bond donors (Lipinski definition) is 1. The van der Waals surface area contributed by atoms with Gasteiger partial charge in [-0.25, -0.2) is 9.67 Å². The maximum atomic E-state index is 11.8. The molecule has 1 N–H and O–H groups in total. The molecule has 1 aromatic rings. The number of aromatic nitrogens is 3. The first-order valence-electron chi connectivity index (χ1n) is 5.50. The molecule has 1 saturated heterocycles. The Labute approximate surface area is 93.9 Å². The Bertz CT molecular complexity index is 331. The van der Waals surface area contributed by atoms with Crippen LogP contribution in [0.1, 0.15) is 12.8 Å². The van der Waals surface area contributed by atoms with Crippen molar-refractivity contribution in [1.82, 2.24) is 19.7 Å². The summed E-state index contributed by atoms with van der Waals surface area (Å²) in [5.41, 5.74) is 0. The van der Waals surface area contributed by atoms with Crippen LogP contribution >= 0.6 is 0 Å². The van der Waals surface area contributed by atoms with E-state index in [0.29, 0.717) is 5.92 Å². The Hall–Kier alpha value is -1.43. The van der Waals surface area contributed by atoms with Crippen LogP contribution in [0.5, 0.6) is 0 Å². The van der Waals surface area contributed by atoms with Crippen LogP contribution in [-0.2, 0) is 11.3 Å². The van der Waals surface area contributed by atoms with E-state index in [4.69, 9.17) is 5.11 Å². The fraction of sp³-hybridized carbons (Fsp3) is 0.700. The number of aliphatic hydroxyl groups excluding tert-OH is 1. The van der Waals surface area contributed by atoms with Gasteiger partial charge in [0.05, 0.1) is 0 Å². The third-order valence-corrected chi connectivity index (χ3v) is 2.99. The van der Waals surface area contributed by atoms with Gasteiger partial charge in [0.1, 0.15) is 19.2 Å². The van der Waals surface area contributed by atoms with Gasteiger partial charge >= 0.3 is 0 Å². The summed E-state index contributed by atoms with van der Waals surface area (Å²) in [6.07, 6.45) is 4.74. The number of piperidine rings is 1. The van der Waals surface area contributed by atoms with Crippen LogP contribution in [0.25, 0.3) is 0 Å². The summed E-state index contributed by atoms with van der Waals surface area (Å²) in [5, 5.41) is 12.9. The monoisotopic (exact) mass is 224 g/mol. The van der Waals surface area contributed by atoms with Crippen molar-refractivity contribution < 1.29 is 9.90 Å². The molecule has 0 saturated carbocycles. The zero-order valence-corrected chi connectivity index (χ0v) is 9.12. The highest BCUT2D eigenvalue weighted by Gasteiger charge is 2.22. The second-order valence-electron chi connectivity index (χ2n) is 4.10. The largest absolute Gasteiger partial charge is 0.396 e. The van der Waals surface area contributed by atoms with Gasteiger partial charge in [-0.1, -0.05) is 0 Å². The highest BCUT2D eigenvalue weighted by molar-refractivity contribution is 5.75. The number of rotatable bonds is 3. The van der Waals surface area contributed by atoms with Gasteiger partial charge in [0.25, 0.3) is 0 Å². The SMILES string of the molecule is O=C(Cn1cncn1)N1CCC(CO)CC1. The number of likely N-dealkylation sites (tertiary alicyclic amines) is 1. The molecule has 0 unspecified atom stereocenters. The molecular formula is C10H16N4O2. The van der Waals surface area contributed by atoms with E-state index < -0.39 is 0 Å². The molecular weight excluding hydrogens is 208 g/mol. The molecule has 0 bridgehead atoms. The molecule has 0 aromatic carbocycles. The van der Waals surface area contributed by atoms with Crippen molar-refractivity contribution in [3.63, 3.8) is 0 Å². The molecule has 0 spiro atoms. The van der Waals surface area contributed by atoms with Gasteiger partial charge in [0, 0.05) is 19.7 Å². The van der Waals surface area contributed by atoms with Crippen molar-refractivity contribution in [2.45, 2.75) is 19.4 Å². The van der Waals surface area contributed by atoms with Gasteiger partial charge in [0.15, 0.2) is 0 Å². The quantitative estimate of drug-likeness (QED) is 0.752. The summed E-state index contributed by atoms with van der Waals surface area (Å²) in [7, 11) is 0. The van der Waals surface area contributed by atoms with Crippen molar-refractivity contribution >= 4 is 5.91 Å². The van der Waals surface area contributed by atoms with E-state index in [1.807, 2.05) is 4.90 Å². The Balaban J connectivity index is 1.82. The molecule has 88 valence electrons. The van der Waals surface area contributed by atoms with Gasteiger partial charge in [-0.05, 0) is 18.8 Å². The average molecular weight is 224 g/mol. The fourth-order valence-corrected chi connectivity index (χ4v) is 1.92. The molecule has 2 heterocycles. The molecule has 1 aromatic heterocycles. The van der Waals surface area contributed by atoms with Crippen LogP contribution in [0.3, 0.4) is 0 Å². The van der Waals surface area contributed by atoms with Crippen molar-refractivity contribution in [3.05, 3.63) is 12.7 Å². The number of amides is 1. The van der Waals surface area contributed by atoms with Gasteiger partial charge < -0.3 is 10.0 Å². The van der Waals surface area contributed by atoms with Crippen molar-refractivity contribution in [1.29, 1.82) is 0 Å². The maximum absolute atomic E-state index is 11.8. The van der Waals surface area contributed by atoms with Crippen molar-refractivity contribution in [2.75, 3.05) is 19.7 Å². The highest BCUT2D eigenvalue weighted by atomic mass is 16.3. The molecule has 16 heavy (non-hydrogen) atoms. The van der Waals surface area contributed by atoms with Crippen molar-refractivity contribution in [2.24, 2.45) is 5.92 Å². The van der Waals surface area contributed by atoms with Crippen LogP contribution in [0.4, 0.5) is 0 Å². The molecule has 1 fully saturated rings. The minimum Gasteiger partial charge on any atom is -0.396 e. The Morgan fingerprint density at radius 1 is 1.44 bits per heavy atom. The second-order valence-corrected chi connectivity index (χ2v) is 4.10.